The van der Waals surface area contributed by atoms with Gasteiger partial charge in [0.1, 0.15) is 48.3 Å². The number of amides is 8. The third-order valence-corrected chi connectivity index (χ3v) is 14.5. The molecular formula is C63H87N13O10. The van der Waals surface area contributed by atoms with Crippen LogP contribution < -0.4 is 48.3 Å². The zero-order valence-corrected chi connectivity index (χ0v) is 50.5. The van der Waals surface area contributed by atoms with Crippen molar-refractivity contribution in [3.8, 4) is 0 Å². The van der Waals surface area contributed by atoms with Crippen LogP contribution in [0.25, 0.3) is 0 Å². The van der Waals surface area contributed by atoms with E-state index in [-0.39, 0.29) is 50.9 Å². The van der Waals surface area contributed by atoms with Crippen LogP contribution in [0.15, 0.2) is 110 Å². The summed E-state index contributed by atoms with van der Waals surface area (Å²) in [5.74, 6) is -8.13. The second-order valence-electron chi connectivity index (χ2n) is 23.0. The standard InChI is InChI=1S/C63H87N13O10/c1-9-10-13-22-47(69-59(81)51(31-44-33-65-35-67-44)73-57(79)48(27-37(2)3)70-55(77)46(64)28-41-18-14-11-15-19-41)56(78)75-53(38(4)5)62(84)74-52(32-45-34-66-36-68-45)60(82)71-49(29-42-20-16-12-17-21-42)58(80)72-50(30-43-25-23-40(8)24-26-43)61(83)76-54(39(6)7)63(85)86/h11-12,14-21,23-26,33-39,46-54H,9-10,13,22,27-32,64H2,1-8H3,(H,65,67)(H,66,68)(H,69,81)(H,70,77)(H,71,82)(H,72,80)(H,73,79)(H,74,84)(H,75,78)(H,76,83)(H,85,86). The average Bonchev–Trinajstić information content (AvgIpc) is 4.35. The fourth-order valence-electron chi connectivity index (χ4n) is 9.60. The molecule has 3 aromatic carbocycles. The van der Waals surface area contributed by atoms with Crippen molar-refractivity contribution in [2.24, 2.45) is 23.5 Å². The Balaban J connectivity index is 1.38. The van der Waals surface area contributed by atoms with Gasteiger partial charge in [-0.15, -0.1) is 0 Å². The Morgan fingerprint density at radius 3 is 1.30 bits per heavy atom. The van der Waals surface area contributed by atoms with Gasteiger partial charge >= 0.3 is 5.97 Å². The summed E-state index contributed by atoms with van der Waals surface area (Å²) in [6, 6.07) is 14.2. The van der Waals surface area contributed by atoms with Gasteiger partial charge in [-0.1, -0.05) is 158 Å². The average molecular weight is 1190 g/mol. The van der Waals surface area contributed by atoms with Gasteiger partial charge in [-0.05, 0) is 60.6 Å². The maximum atomic E-state index is 14.8. The first-order valence-corrected chi connectivity index (χ1v) is 29.5. The molecule has 9 unspecified atom stereocenters. The van der Waals surface area contributed by atoms with Gasteiger partial charge in [0.25, 0.3) is 0 Å². The van der Waals surface area contributed by atoms with Crippen molar-refractivity contribution in [1.82, 2.24) is 62.5 Å². The molecule has 86 heavy (non-hydrogen) atoms. The summed E-state index contributed by atoms with van der Waals surface area (Å²) in [5, 5.41) is 32.2. The molecule has 9 atom stereocenters. The molecular weight excluding hydrogens is 1100 g/mol. The number of aromatic amines is 2. The highest BCUT2D eigenvalue weighted by molar-refractivity contribution is 5.98. The van der Waals surface area contributed by atoms with E-state index in [0.29, 0.717) is 35.4 Å². The number of carboxylic acid groups (broad SMARTS) is 1. The van der Waals surface area contributed by atoms with Crippen LogP contribution in [-0.4, -0.2) is 133 Å². The van der Waals surface area contributed by atoms with Crippen LogP contribution >= 0.6 is 0 Å². The van der Waals surface area contributed by atoms with E-state index in [0.717, 1.165) is 17.5 Å². The van der Waals surface area contributed by atoms with Crippen molar-refractivity contribution < 1.29 is 48.3 Å². The summed E-state index contributed by atoms with van der Waals surface area (Å²) in [7, 11) is 0. The van der Waals surface area contributed by atoms with Crippen LogP contribution in [-0.2, 0) is 75.3 Å². The quantitative estimate of drug-likeness (QED) is 0.0260. The minimum Gasteiger partial charge on any atom is -0.480 e. The molecule has 0 bridgehead atoms. The molecule has 23 heteroatoms. The number of aromatic nitrogens is 4. The van der Waals surface area contributed by atoms with Gasteiger partial charge in [-0.3, -0.25) is 38.4 Å². The molecule has 0 radical (unpaired) electrons. The topological polar surface area (TPSA) is 353 Å². The summed E-state index contributed by atoms with van der Waals surface area (Å²) in [4.78, 5) is 141. The van der Waals surface area contributed by atoms with Crippen molar-refractivity contribution in [2.75, 3.05) is 0 Å². The molecule has 5 aromatic rings. The van der Waals surface area contributed by atoms with Gasteiger partial charge in [0, 0.05) is 49.5 Å². The Hall–Kier alpha value is -8.73. The lowest BCUT2D eigenvalue weighted by Crippen LogP contribution is -2.62. The number of rotatable bonds is 35. The molecule has 0 saturated heterocycles. The maximum absolute atomic E-state index is 14.8. The first-order chi connectivity index (χ1) is 41.0. The number of hydrogen-bond donors (Lipinski definition) is 12. The molecule has 0 aliphatic rings. The third-order valence-electron chi connectivity index (χ3n) is 14.5. The molecule has 2 aromatic heterocycles. The molecule has 0 saturated carbocycles. The molecule has 0 aliphatic heterocycles. The fraction of sp³-hybridized carbons (Fsp3) is 0.476. The van der Waals surface area contributed by atoms with Crippen LogP contribution in [0.1, 0.15) is 114 Å². The number of nitrogens with one attached hydrogen (secondary N) is 10. The number of aliphatic carboxylic acids is 1. The van der Waals surface area contributed by atoms with Gasteiger partial charge in [0.05, 0.1) is 18.7 Å². The second kappa shape index (κ2) is 34.3. The molecule has 5 rings (SSSR count). The molecule has 464 valence electrons. The number of aryl methyl sites for hydroxylation is 1. The first-order valence-electron chi connectivity index (χ1n) is 29.5. The van der Waals surface area contributed by atoms with Gasteiger partial charge in [0.2, 0.25) is 47.3 Å². The zero-order valence-electron chi connectivity index (χ0n) is 50.5. The fourth-order valence-corrected chi connectivity index (χ4v) is 9.60. The lowest BCUT2D eigenvalue weighted by molar-refractivity contribution is -0.143. The van der Waals surface area contributed by atoms with Crippen molar-refractivity contribution >= 4 is 53.2 Å². The number of benzene rings is 3. The van der Waals surface area contributed by atoms with E-state index in [2.05, 4.69) is 62.5 Å². The predicted molar refractivity (Wildman–Crippen MR) is 324 cm³/mol. The highest BCUT2D eigenvalue weighted by atomic mass is 16.4. The molecule has 0 spiro atoms. The van der Waals surface area contributed by atoms with Gasteiger partial charge in [0.15, 0.2) is 0 Å². The summed E-state index contributed by atoms with van der Waals surface area (Å²) < 4.78 is 0. The van der Waals surface area contributed by atoms with Crippen LogP contribution in [0.5, 0.6) is 0 Å². The highest BCUT2D eigenvalue weighted by Gasteiger charge is 2.37. The van der Waals surface area contributed by atoms with Crippen molar-refractivity contribution in [3.05, 3.63) is 144 Å². The second-order valence-corrected chi connectivity index (χ2v) is 23.0. The van der Waals surface area contributed by atoms with Crippen LogP contribution in [0.4, 0.5) is 0 Å². The smallest absolute Gasteiger partial charge is 0.326 e. The Bertz CT molecular complexity index is 2960. The summed E-state index contributed by atoms with van der Waals surface area (Å²) in [6.07, 6.45) is 8.03. The van der Waals surface area contributed by atoms with Gasteiger partial charge < -0.3 is 63.3 Å². The van der Waals surface area contributed by atoms with E-state index in [9.17, 15) is 48.3 Å². The number of carbonyl (C=O) groups excluding carboxylic acids is 8. The number of hydrogen-bond acceptors (Lipinski definition) is 12. The number of imidazole rings is 2. The first kappa shape index (κ1) is 68.1. The predicted octanol–water partition coefficient (Wildman–Crippen LogP) is 3.18. The Morgan fingerprint density at radius 2 is 0.860 bits per heavy atom. The summed E-state index contributed by atoms with van der Waals surface area (Å²) in [6.45, 7) is 14.3. The number of carboxylic acids is 1. The SMILES string of the molecule is CCCCCC(NC(=O)C(Cc1cnc[nH]1)NC(=O)C(CC(C)C)NC(=O)C(N)Cc1ccccc1)C(=O)NC(C(=O)NC(Cc1cnc[nH]1)C(=O)NC(Cc1ccccc1)C(=O)NC(Cc1ccc(C)cc1)C(=O)NC(C(=O)O)C(C)C)C(C)C. The maximum Gasteiger partial charge on any atom is 0.326 e. The number of carbonyl (C=O) groups is 9. The lowest BCUT2D eigenvalue weighted by atomic mass is 9.99. The van der Waals surface area contributed by atoms with E-state index in [1.807, 2.05) is 70.2 Å². The van der Waals surface area contributed by atoms with Crippen molar-refractivity contribution in [2.45, 2.75) is 174 Å². The summed E-state index contributed by atoms with van der Waals surface area (Å²) in [5.41, 5.74) is 10.4. The molecule has 8 amide bonds. The van der Waals surface area contributed by atoms with E-state index in [1.54, 1.807) is 70.2 Å². The largest absolute Gasteiger partial charge is 0.480 e. The van der Waals surface area contributed by atoms with Crippen LogP contribution in [0, 0.1) is 24.7 Å². The number of unbranched alkanes of at least 4 members (excludes halogenated alkanes) is 2. The Morgan fingerprint density at radius 1 is 0.465 bits per heavy atom. The minimum absolute atomic E-state index is 0.0213. The lowest BCUT2D eigenvalue weighted by Gasteiger charge is -2.29. The minimum atomic E-state index is -1.39. The number of H-pyrrole nitrogens is 2. The molecule has 23 nitrogen and oxygen atoms in total. The van der Waals surface area contributed by atoms with Crippen LogP contribution in [0.2, 0.25) is 0 Å². The van der Waals surface area contributed by atoms with Gasteiger partial charge in [-0.2, -0.15) is 0 Å². The molecule has 13 N–H and O–H groups in total. The summed E-state index contributed by atoms with van der Waals surface area (Å²) >= 11 is 0. The molecule has 2 heterocycles. The third kappa shape index (κ3) is 22.4. The molecule has 0 fully saturated rings. The monoisotopic (exact) mass is 1190 g/mol. The highest BCUT2D eigenvalue weighted by Crippen LogP contribution is 2.15. The van der Waals surface area contributed by atoms with Crippen molar-refractivity contribution in [3.63, 3.8) is 0 Å². The van der Waals surface area contributed by atoms with E-state index >= 15 is 0 Å². The van der Waals surface area contributed by atoms with Crippen LogP contribution in [0.3, 0.4) is 0 Å². The van der Waals surface area contributed by atoms with E-state index in [1.165, 1.54) is 25.0 Å². The van der Waals surface area contributed by atoms with Gasteiger partial charge in [-0.25, -0.2) is 14.8 Å². The number of nitrogens with zero attached hydrogens (tertiary/aromatic N) is 2. The normalized spacial score (nSPS) is 14.5. The Kier molecular flexibility index (Phi) is 27.1. The van der Waals surface area contributed by atoms with Crippen molar-refractivity contribution in [1.29, 1.82) is 0 Å². The van der Waals surface area contributed by atoms with E-state index in [4.69, 9.17) is 5.73 Å². The van der Waals surface area contributed by atoms with E-state index < -0.39 is 119 Å². The molecule has 0 aliphatic carbocycles. The zero-order chi connectivity index (χ0) is 62.9. The Labute approximate surface area is 503 Å². The number of nitrogens with two attached hydrogens (primary N) is 1.